The van der Waals surface area contributed by atoms with Gasteiger partial charge in [0.15, 0.2) is 0 Å². The zero-order valence-electron chi connectivity index (χ0n) is 9.60. The van der Waals surface area contributed by atoms with Crippen molar-refractivity contribution < 1.29 is 14.7 Å². The smallest absolute Gasteiger partial charge is 0.311 e. The Morgan fingerprint density at radius 2 is 2.17 bits per heavy atom. The number of H-pyrrole nitrogens is 1. The summed E-state index contributed by atoms with van der Waals surface area (Å²) in [6.07, 6.45) is 2.00. The first-order valence-electron chi connectivity index (χ1n) is 5.61. The van der Waals surface area contributed by atoms with Gasteiger partial charge in [0, 0.05) is 12.6 Å². The summed E-state index contributed by atoms with van der Waals surface area (Å²) < 4.78 is 0. The minimum Gasteiger partial charge on any atom is -0.481 e. The minimum absolute atomic E-state index is 0.0643. The normalized spacial score (nSPS) is 16.7. The van der Waals surface area contributed by atoms with Gasteiger partial charge in [-0.2, -0.15) is 5.10 Å². The number of hydrogen-bond acceptors (Lipinski definition) is 4. The summed E-state index contributed by atoms with van der Waals surface area (Å²) in [6.45, 7) is 0.0853. The molecule has 1 aliphatic carbocycles. The van der Waals surface area contributed by atoms with Gasteiger partial charge in [-0.05, 0) is 18.9 Å². The van der Waals surface area contributed by atoms with Crippen LogP contribution in [0.25, 0.3) is 0 Å². The van der Waals surface area contributed by atoms with Gasteiger partial charge in [-0.1, -0.05) is 6.42 Å². The number of carboxylic acids is 1. The van der Waals surface area contributed by atoms with Crippen molar-refractivity contribution in [2.24, 2.45) is 5.41 Å². The first kappa shape index (κ1) is 12.3. The standard InChI is InChI=1S/C11H13N3O4/c15-8-3-2-7(13-14-8)9(16)12-6-11(10(17)18)4-1-5-11/h2-3H,1,4-6H2,(H,12,16)(H,14,15)(H,17,18). The number of aliphatic carboxylic acids is 1. The molecule has 7 nitrogen and oxygen atoms in total. The second-order valence-electron chi connectivity index (χ2n) is 4.43. The van der Waals surface area contributed by atoms with E-state index in [9.17, 15) is 14.4 Å². The van der Waals surface area contributed by atoms with Gasteiger partial charge in [-0.15, -0.1) is 0 Å². The third-order valence-electron chi connectivity index (χ3n) is 3.26. The number of nitrogens with one attached hydrogen (secondary N) is 2. The lowest BCUT2D eigenvalue weighted by molar-refractivity contribution is -0.153. The number of amides is 1. The van der Waals surface area contributed by atoms with Gasteiger partial charge >= 0.3 is 5.97 Å². The molecule has 1 aromatic rings. The molecule has 0 aromatic carbocycles. The molecule has 1 fully saturated rings. The highest BCUT2D eigenvalue weighted by Crippen LogP contribution is 2.40. The van der Waals surface area contributed by atoms with Crippen molar-refractivity contribution >= 4 is 11.9 Å². The molecule has 2 rings (SSSR count). The van der Waals surface area contributed by atoms with Crippen LogP contribution in [-0.4, -0.2) is 33.7 Å². The fourth-order valence-corrected chi connectivity index (χ4v) is 1.88. The van der Waals surface area contributed by atoms with E-state index in [1.165, 1.54) is 12.1 Å². The zero-order chi connectivity index (χ0) is 13.2. The number of carbonyl (C=O) groups is 2. The third-order valence-corrected chi connectivity index (χ3v) is 3.26. The predicted octanol–water partition coefficient (Wildman–Crippen LogP) is -0.245. The summed E-state index contributed by atoms with van der Waals surface area (Å²) in [5.74, 6) is -1.37. The van der Waals surface area contributed by atoms with Crippen LogP contribution in [0.3, 0.4) is 0 Å². The zero-order valence-corrected chi connectivity index (χ0v) is 9.60. The molecule has 7 heteroatoms. The molecule has 18 heavy (non-hydrogen) atoms. The Morgan fingerprint density at radius 3 is 2.61 bits per heavy atom. The highest BCUT2D eigenvalue weighted by molar-refractivity contribution is 5.92. The van der Waals surface area contributed by atoms with Gasteiger partial charge in [-0.3, -0.25) is 14.4 Å². The molecule has 3 N–H and O–H groups in total. The maximum atomic E-state index is 11.7. The molecule has 1 amide bonds. The number of nitrogens with zero attached hydrogens (tertiary/aromatic N) is 1. The quantitative estimate of drug-likeness (QED) is 0.683. The van der Waals surface area contributed by atoms with Crippen LogP contribution in [0.2, 0.25) is 0 Å². The summed E-state index contributed by atoms with van der Waals surface area (Å²) >= 11 is 0. The lowest BCUT2D eigenvalue weighted by Crippen LogP contribution is -2.47. The van der Waals surface area contributed by atoms with Gasteiger partial charge in [0.1, 0.15) is 5.69 Å². The average Bonchev–Trinajstić information content (AvgIpc) is 2.27. The maximum Gasteiger partial charge on any atom is 0.311 e. The van der Waals surface area contributed by atoms with Crippen LogP contribution >= 0.6 is 0 Å². The Bertz CT molecular complexity index is 513. The lowest BCUT2D eigenvalue weighted by Gasteiger charge is -2.37. The van der Waals surface area contributed by atoms with Crippen LogP contribution in [0.5, 0.6) is 0 Å². The van der Waals surface area contributed by atoms with Crippen molar-refractivity contribution in [1.29, 1.82) is 0 Å². The molecule has 0 unspecified atom stereocenters. The fourth-order valence-electron chi connectivity index (χ4n) is 1.88. The second-order valence-corrected chi connectivity index (χ2v) is 4.43. The molecule has 0 saturated heterocycles. The van der Waals surface area contributed by atoms with Gasteiger partial charge < -0.3 is 10.4 Å². The first-order chi connectivity index (χ1) is 8.53. The lowest BCUT2D eigenvalue weighted by atomic mass is 9.69. The Morgan fingerprint density at radius 1 is 1.44 bits per heavy atom. The second kappa shape index (κ2) is 4.59. The van der Waals surface area contributed by atoms with E-state index in [2.05, 4.69) is 15.5 Å². The highest BCUT2D eigenvalue weighted by atomic mass is 16.4. The number of aromatic amines is 1. The van der Waals surface area contributed by atoms with E-state index in [0.717, 1.165) is 6.42 Å². The Labute approximate surface area is 102 Å². The SMILES string of the molecule is O=C(NCC1(C(=O)O)CCC1)c1ccc(=O)[nH]n1. The van der Waals surface area contributed by atoms with Crippen LogP contribution in [-0.2, 0) is 4.79 Å². The molecular formula is C11H13N3O4. The maximum absolute atomic E-state index is 11.7. The molecule has 1 heterocycles. The molecule has 0 atom stereocenters. The molecule has 0 radical (unpaired) electrons. The number of carboxylic acid groups (broad SMARTS) is 1. The summed E-state index contributed by atoms with van der Waals surface area (Å²) in [5, 5.41) is 17.3. The Balaban J connectivity index is 1.98. The van der Waals surface area contributed by atoms with Crippen molar-refractivity contribution in [2.75, 3.05) is 6.54 Å². The molecule has 0 bridgehead atoms. The Hall–Kier alpha value is -2.18. The fraction of sp³-hybridized carbons (Fsp3) is 0.455. The molecular weight excluding hydrogens is 238 g/mol. The largest absolute Gasteiger partial charge is 0.481 e. The monoisotopic (exact) mass is 251 g/mol. The molecule has 96 valence electrons. The summed E-state index contributed by atoms with van der Waals surface area (Å²) in [7, 11) is 0. The number of carbonyl (C=O) groups excluding carboxylic acids is 1. The summed E-state index contributed by atoms with van der Waals surface area (Å²) in [6, 6.07) is 2.49. The van der Waals surface area contributed by atoms with Crippen LogP contribution in [0.1, 0.15) is 29.8 Å². The van der Waals surface area contributed by atoms with E-state index in [1.807, 2.05) is 0 Å². The third kappa shape index (κ3) is 2.24. The van der Waals surface area contributed by atoms with Crippen LogP contribution < -0.4 is 10.9 Å². The predicted molar refractivity (Wildman–Crippen MR) is 61.1 cm³/mol. The van der Waals surface area contributed by atoms with Gasteiger partial charge in [0.05, 0.1) is 5.41 Å². The highest BCUT2D eigenvalue weighted by Gasteiger charge is 2.44. The van der Waals surface area contributed by atoms with Crippen molar-refractivity contribution in [3.63, 3.8) is 0 Å². The van der Waals surface area contributed by atoms with Crippen LogP contribution in [0.4, 0.5) is 0 Å². The van der Waals surface area contributed by atoms with Crippen molar-refractivity contribution in [3.05, 3.63) is 28.2 Å². The molecule has 0 aliphatic heterocycles. The molecule has 0 spiro atoms. The van der Waals surface area contributed by atoms with Gasteiger partial charge in [-0.25, -0.2) is 5.10 Å². The van der Waals surface area contributed by atoms with Crippen molar-refractivity contribution in [1.82, 2.24) is 15.5 Å². The van der Waals surface area contributed by atoms with E-state index in [4.69, 9.17) is 5.11 Å². The average molecular weight is 251 g/mol. The molecule has 1 aromatic heterocycles. The van der Waals surface area contributed by atoms with E-state index < -0.39 is 22.9 Å². The van der Waals surface area contributed by atoms with E-state index in [-0.39, 0.29) is 12.2 Å². The summed E-state index contributed by atoms with van der Waals surface area (Å²) in [5.41, 5.74) is -1.17. The number of rotatable bonds is 4. The first-order valence-corrected chi connectivity index (χ1v) is 5.61. The number of aromatic nitrogens is 2. The van der Waals surface area contributed by atoms with Crippen LogP contribution in [0.15, 0.2) is 16.9 Å². The van der Waals surface area contributed by atoms with Crippen LogP contribution in [0, 0.1) is 5.41 Å². The van der Waals surface area contributed by atoms with E-state index in [0.29, 0.717) is 12.8 Å². The van der Waals surface area contributed by atoms with E-state index >= 15 is 0 Å². The van der Waals surface area contributed by atoms with Crippen molar-refractivity contribution in [2.45, 2.75) is 19.3 Å². The van der Waals surface area contributed by atoms with Crippen molar-refractivity contribution in [3.8, 4) is 0 Å². The minimum atomic E-state index is -0.886. The Kier molecular flexibility index (Phi) is 3.14. The van der Waals surface area contributed by atoms with E-state index in [1.54, 1.807) is 0 Å². The number of hydrogen-bond donors (Lipinski definition) is 3. The topological polar surface area (TPSA) is 112 Å². The molecule has 1 saturated carbocycles. The van der Waals surface area contributed by atoms with Gasteiger partial charge in [0.25, 0.3) is 11.5 Å². The summed E-state index contributed by atoms with van der Waals surface area (Å²) in [4.78, 5) is 33.5. The molecule has 1 aliphatic rings. The van der Waals surface area contributed by atoms with Gasteiger partial charge in [0.2, 0.25) is 0 Å².